The Morgan fingerprint density at radius 1 is 1.05 bits per heavy atom. The van der Waals surface area contributed by atoms with Crippen molar-refractivity contribution in [2.24, 2.45) is 34.5 Å². The van der Waals surface area contributed by atoms with Crippen LogP contribution in [-0.4, -0.2) is 23.9 Å². The molecule has 110 valence electrons. The fourth-order valence-electron chi connectivity index (χ4n) is 4.36. The van der Waals surface area contributed by atoms with Gasteiger partial charge in [-0.05, 0) is 35.5 Å². The highest BCUT2D eigenvalue weighted by molar-refractivity contribution is 5.81. The second-order valence-electron chi connectivity index (χ2n) is 8.95. The summed E-state index contributed by atoms with van der Waals surface area (Å²) in [6.07, 6.45) is 1.31. The molecule has 1 saturated carbocycles. The number of carbonyl (C=O) groups excluding carboxylic acids is 1. The van der Waals surface area contributed by atoms with Gasteiger partial charge in [-0.15, -0.1) is 0 Å². The van der Waals surface area contributed by atoms with Gasteiger partial charge in [0.05, 0.1) is 0 Å². The largest absolute Gasteiger partial charge is 0.342 e. The summed E-state index contributed by atoms with van der Waals surface area (Å²) in [5, 5.41) is 0. The molecular formula is C17H31NO. The molecule has 0 aromatic heterocycles. The third-order valence-corrected chi connectivity index (χ3v) is 5.40. The van der Waals surface area contributed by atoms with E-state index in [2.05, 4.69) is 32.6 Å². The lowest BCUT2D eigenvalue weighted by molar-refractivity contribution is -0.138. The zero-order valence-electron chi connectivity index (χ0n) is 13.8. The van der Waals surface area contributed by atoms with Crippen LogP contribution in [0.2, 0.25) is 0 Å². The van der Waals surface area contributed by atoms with Gasteiger partial charge >= 0.3 is 0 Å². The highest BCUT2D eigenvalue weighted by Crippen LogP contribution is 2.52. The van der Waals surface area contributed by atoms with Crippen LogP contribution in [0.5, 0.6) is 0 Å². The minimum absolute atomic E-state index is 0.231. The van der Waals surface area contributed by atoms with E-state index in [1.807, 2.05) is 20.8 Å². The highest BCUT2D eigenvalue weighted by atomic mass is 16.2. The van der Waals surface area contributed by atoms with Crippen LogP contribution in [0.3, 0.4) is 0 Å². The van der Waals surface area contributed by atoms with Crippen molar-refractivity contribution in [3.05, 3.63) is 0 Å². The first-order chi connectivity index (χ1) is 8.51. The molecule has 2 rings (SSSR count). The predicted octanol–water partition coefficient (Wildman–Crippen LogP) is 3.81. The predicted molar refractivity (Wildman–Crippen MR) is 79.7 cm³/mol. The molecule has 0 aromatic rings. The Kier molecular flexibility index (Phi) is 3.52. The first kappa shape index (κ1) is 14.9. The third-order valence-electron chi connectivity index (χ3n) is 5.40. The minimum atomic E-state index is -0.231. The molecule has 1 heterocycles. The molecule has 0 radical (unpaired) electrons. The van der Waals surface area contributed by atoms with Crippen molar-refractivity contribution in [1.82, 2.24) is 4.90 Å². The quantitative estimate of drug-likeness (QED) is 0.652. The van der Waals surface area contributed by atoms with Crippen LogP contribution >= 0.6 is 0 Å². The van der Waals surface area contributed by atoms with Gasteiger partial charge in [0, 0.05) is 18.5 Å². The summed E-state index contributed by atoms with van der Waals surface area (Å²) in [6.45, 7) is 17.6. The van der Waals surface area contributed by atoms with Gasteiger partial charge in [-0.25, -0.2) is 0 Å². The first-order valence-electron chi connectivity index (χ1n) is 7.81. The lowest BCUT2D eigenvalue weighted by Gasteiger charge is -2.34. The molecule has 19 heavy (non-hydrogen) atoms. The van der Waals surface area contributed by atoms with E-state index in [0.29, 0.717) is 11.3 Å². The van der Waals surface area contributed by atoms with Crippen LogP contribution in [0.25, 0.3) is 0 Å². The molecular weight excluding hydrogens is 234 g/mol. The van der Waals surface area contributed by atoms with E-state index in [4.69, 9.17) is 0 Å². The van der Waals surface area contributed by atoms with E-state index in [0.717, 1.165) is 36.8 Å². The molecule has 1 amide bonds. The molecule has 1 aliphatic carbocycles. The molecule has 2 heteroatoms. The molecule has 4 atom stereocenters. The van der Waals surface area contributed by atoms with Crippen LogP contribution in [-0.2, 0) is 4.79 Å². The van der Waals surface area contributed by atoms with Crippen molar-refractivity contribution in [2.45, 2.75) is 54.9 Å². The Morgan fingerprint density at radius 2 is 1.63 bits per heavy atom. The molecule has 2 nitrogen and oxygen atoms in total. The van der Waals surface area contributed by atoms with Crippen molar-refractivity contribution < 1.29 is 4.79 Å². The number of hydrogen-bond donors (Lipinski definition) is 0. The number of carbonyl (C=O) groups is 1. The number of likely N-dealkylation sites (tertiary alicyclic amines) is 1. The normalized spacial score (nSPS) is 35.6. The van der Waals surface area contributed by atoms with E-state index < -0.39 is 0 Å². The summed E-state index contributed by atoms with van der Waals surface area (Å²) in [6, 6.07) is 0. The lowest BCUT2D eigenvalue weighted by Crippen LogP contribution is -2.39. The smallest absolute Gasteiger partial charge is 0.227 e. The molecule has 0 aromatic carbocycles. The Balaban J connectivity index is 2.06. The van der Waals surface area contributed by atoms with E-state index >= 15 is 0 Å². The summed E-state index contributed by atoms with van der Waals surface area (Å²) >= 11 is 0. The van der Waals surface area contributed by atoms with Gasteiger partial charge in [-0.1, -0.05) is 48.5 Å². The van der Waals surface area contributed by atoms with Gasteiger partial charge in [0.15, 0.2) is 0 Å². The Hall–Kier alpha value is -0.530. The molecule has 2 aliphatic rings. The first-order valence-corrected chi connectivity index (χ1v) is 7.81. The summed E-state index contributed by atoms with van der Waals surface area (Å²) in [5.74, 6) is 3.37. The van der Waals surface area contributed by atoms with E-state index in [-0.39, 0.29) is 5.41 Å². The summed E-state index contributed by atoms with van der Waals surface area (Å²) in [7, 11) is 0. The molecule has 2 fully saturated rings. The summed E-state index contributed by atoms with van der Waals surface area (Å²) < 4.78 is 0. The topological polar surface area (TPSA) is 20.3 Å². The summed E-state index contributed by atoms with van der Waals surface area (Å²) in [4.78, 5) is 14.5. The zero-order valence-corrected chi connectivity index (χ0v) is 13.8. The van der Waals surface area contributed by atoms with Gasteiger partial charge < -0.3 is 4.90 Å². The van der Waals surface area contributed by atoms with Crippen LogP contribution in [0.4, 0.5) is 0 Å². The zero-order chi connectivity index (χ0) is 14.6. The Bertz CT molecular complexity index is 360. The molecule has 4 unspecified atom stereocenters. The van der Waals surface area contributed by atoms with E-state index in [1.165, 1.54) is 6.42 Å². The van der Waals surface area contributed by atoms with Gasteiger partial charge in [0.2, 0.25) is 5.91 Å². The SMILES string of the molecule is CC1C2CN(C(=O)C(C)(C)C)CC2CC1C(C)(C)C. The fraction of sp³-hybridized carbons (Fsp3) is 0.941. The van der Waals surface area contributed by atoms with E-state index in [1.54, 1.807) is 0 Å². The van der Waals surface area contributed by atoms with Crippen molar-refractivity contribution in [3.8, 4) is 0 Å². The fourth-order valence-corrected chi connectivity index (χ4v) is 4.36. The van der Waals surface area contributed by atoms with Crippen molar-refractivity contribution in [3.63, 3.8) is 0 Å². The van der Waals surface area contributed by atoms with Crippen LogP contribution in [0, 0.1) is 34.5 Å². The Morgan fingerprint density at radius 3 is 2.05 bits per heavy atom. The highest BCUT2D eigenvalue weighted by Gasteiger charge is 2.50. The van der Waals surface area contributed by atoms with Crippen LogP contribution in [0.15, 0.2) is 0 Å². The maximum absolute atomic E-state index is 12.4. The average molecular weight is 265 g/mol. The molecule has 0 N–H and O–H groups in total. The van der Waals surface area contributed by atoms with Gasteiger partial charge in [0.25, 0.3) is 0 Å². The Labute approximate surface area is 118 Å². The average Bonchev–Trinajstić information content (AvgIpc) is 2.75. The summed E-state index contributed by atoms with van der Waals surface area (Å²) in [5.41, 5.74) is 0.175. The van der Waals surface area contributed by atoms with Crippen molar-refractivity contribution >= 4 is 5.91 Å². The number of nitrogens with zero attached hydrogens (tertiary/aromatic N) is 1. The monoisotopic (exact) mass is 265 g/mol. The van der Waals surface area contributed by atoms with Gasteiger partial charge in [-0.2, -0.15) is 0 Å². The van der Waals surface area contributed by atoms with Crippen molar-refractivity contribution in [2.75, 3.05) is 13.1 Å². The lowest BCUT2D eigenvalue weighted by atomic mass is 9.74. The van der Waals surface area contributed by atoms with Gasteiger partial charge in [0.1, 0.15) is 0 Å². The molecule has 1 aliphatic heterocycles. The van der Waals surface area contributed by atoms with Crippen LogP contribution in [0.1, 0.15) is 54.9 Å². The standard InChI is InChI=1S/C17H31NO/c1-11-13-10-18(15(19)17(5,6)7)9-12(13)8-14(11)16(2,3)4/h11-14H,8-10H2,1-7H3. The number of fused-ring (bicyclic) bond motifs is 1. The van der Waals surface area contributed by atoms with Crippen LogP contribution < -0.4 is 0 Å². The number of hydrogen-bond acceptors (Lipinski definition) is 1. The number of amides is 1. The third kappa shape index (κ3) is 2.68. The maximum atomic E-state index is 12.4. The number of rotatable bonds is 0. The molecule has 0 bridgehead atoms. The molecule has 0 spiro atoms. The second kappa shape index (κ2) is 4.49. The second-order valence-corrected chi connectivity index (χ2v) is 8.95. The van der Waals surface area contributed by atoms with E-state index in [9.17, 15) is 4.79 Å². The van der Waals surface area contributed by atoms with Gasteiger partial charge in [-0.3, -0.25) is 4.79 Å². The molecule has 1 saturated heterocycles. The maximum Gasteiger partial charge on any atom is 0.227 e. The van der Waals surface area contributed by atoms with Crippen molar-refractivity contribution in [1.29, 1.82) is 0 Å². The minimum Gasteiger partial charge on any atom is -0.342 e.